The number of thioether (sulfide) groups is 1. The van der Waals surface area contributed by atoms with Crippen molar-refractivity contribution < 1.29 is 5.11 Å². The second-order valence-electron chi connectivity index (χ2n) is 6.31. The first-order valence-electron chi connectivity index (χ1n) is 8.12. The minimum atomic E-state index is -0.576. The van der Waals surface area contributed by atoms with Crippen LogP contribution in [0.2, 0.25) is 0 Å². The summed E-state index contributed by atoms with van der Waals surface area (Å²) in [7, 11) is 0. The largest absolute Gasteiger partial charge is 0.508 e. The Morgan fingerprint density at radius 3 is 2.54 bits per heavy atom. The molecule has 0 saturated carbocycles. The van der Waals surface area contributed by atoms with Crippen molar-refractivity contribution in [2.45, 2.75) is 36.5 Å². The maximum absolute atomic E-state index is 9.47. The quantitative estimate of drug-likeness (QED) is 0.440. The van der Waals surface area contributed by atoms with Crippen LogP contribution in [0.5, 0.6) is 5.75 Å². The zero-order valence-corrected chi connectivity index (χ0v) is 15.7. The van der Waals surface area contributed by atoms with Gasteiger partial charge in [-0.2, -0.15) is 5.26 Å². The highest BCUT2D eigenvalue weighted by Crippen LogP contribution is 2.29. The summed E-state index contributed by atoms with van der Waals surface area (Å²) in [5, 5.41) is 18.8. The molecule has 26 heavy (non-hydrogen) atoms. The number of benzene rings is 2. The molecule has 0 aliphatic heterocycles. The monoisotopic (exact) mass is 366 g/mol. The van der Waals surface area contributed by atoms with Crippen LogP contribution in [-0.2, 0) is 17.7 Å². The maximum Gasteiger partial charge on any atom is 0.115 e. The third kappa shape index (κ3) is 5.64. The Morgan fingerprint density at radius 1 is 1.19 bits per heavy atom. The molecule has 6 heteroatoms. The van der Waals surface area contributed by atoms with Gasteiger partial charge in [-0.25, -0.2) is 4.99 Å². The van der Waals surface area contributed by atoms with Crippen LogP contribution >= 0.6 is 11.8 Å². The van der Waals surface area contributed by atoms with E-state index in [0.717, 1.165) is 27.3 Å². The van der Waals surface area contributed by atoms with Crippen molar-refractivity contribution in [2.75, 3.05) is 0 Å². The van der Waals surface area contributed by atoms with Gasteiger partial charge in [0, 0.05) is 10.6 Å². The molecule has 0 fully saturated rings. The first-order chi connectivity index (χ1) is 12.4. The Labute approximate surface area is 158 Å². The van der Waals surface area contributed by atoms with Gasteiger partial charge in [0.05, 0.1) is 24.4 Å². The molecule has 0 aromatic heterocycles. The van der Waals surface area contributed by atoms with Gasteiger partial charge in [0.1, 0.15) is 12.1 Å². The van der Waals surface area contributed by atoms with E-state index in [4.69, 9.17) is 5.73 Å². The zero-order chi connectivity index (χ0) is 19.0. The number of phenolic OH excluding ortho intramolecular Hbond substituents is 1. The highest BCUT2D eigenvalue weighted by molar-refractivity contribution is 7.98. The van der Waals surface area contributed by atoms with E-state index < -0.39 is 5.41 Å². The Balaban J connectivity index is 2.24. The van der Waals surface area contributed by atoms with E-state index in [-0.39, 0.29) is 5.75 Å². The third-order valence-corrected chi connectivity index (χ3v) is 4.89. The molecule has 3 N–H and O–H groups in total. The standard InChI is InChI=1S/C20H22N4OS/c1-20(2,12-21)17-8-15(10-23-14-24-13-22)7-16(9-17)11-26-19-5-3-18(25)4-6-19/h3-9,13-14,25H,10-11H2,1-2H3,(H2,22,23,24). The Kier molecular flexibility index (Phi) is 6.81. The lowest BCUT2D eigenvalue weighted by Gasteiger charge is -2.18. The number of hydrogen-bond acceptors (Lipinski definition) is 4. The van der Waals surface area contributed by atoms with Gasteiger partial charge in [0.25, 0.3) is 0 Å². The predicted octanol–water partition coefficient (Wildman–Crippen LogP) is 4.00. The molecule has 0 bridgehead atoms. The van der Waals surface area contributed by atoms with E-state index in [1.165, 1.54) is 12.7 Å². The van der Waals surface area contributed by atoms with E-state index in [2.05, 4.69) is 28.2 Å². The van der Waals surface area contributed by atoms with Crippen LogP contribution in [0, 0.1) is 11.3 Å². The van der Waals surface area contributed by atoms with E-state index >= 15 is 0 Å². The molecule has 0 heterocycles. The molecule has 134 valence electrons. The fourth-order valence-corrected chi connectivity index (χ4v) is 3.13. The lowest BCUT2D eigenvalue weighted by atomic mass is 9.84. The summed E-state index contributed by atoms with van der Waals surface area (Å²) in [5.41, 5.74) is 7.74. The number of nitrogens with two attached hydrogens (primary N) is 1. The van der Waals surface area contributed by atoms with Crippen LogP contribution in [0.15, 0.2) is 57.3 Å². The summed E-state index contributed by atoms with van der Waals surface area (Å²) >= 11 is 1.68. The van der Waals surface area contributed by atoms with Crippen molar-refractivity contribution in [1.82, 2.24) is 0 Å². The number of phenols is 1. The van der Waals surface area contributed by atoms with Gasteiger partial charge < -0.3 is 10.8 Å². The van der Waals surface area contributed by atoms with Crippen LogP contribution < -0.4 is 5.73 Å². The van der Waals surface area contributed by atoms with Gasteiger partial charge in [-0.05, 0) is 54.8 Å². The molecule has 0 unspecified atom stereocenters. The molecule has 0 spiro atoms. The summed E-state index contributed by atoms with van der Waals surface area (Å²) in [6.45, 7) is 4.29. The van der Waals surface area contributed by atoms with Gasteiger partial charge in [0.2, 0.25) is 0 Å². The highest BCUT2D eigenvalue weighted by Gasteiger charge is 2.20. The molecule has 0 aliphatic rings. The summed E-state index contributed by atoms with van der Waals surface area (Å²) in [5.74, 6) is 1.02. The van der Waals surface area contributed by atoms with Crippen molar-refractivity contribution in [2.24, 2.45) is 15.7 Å². The molecule has 5 nitrogen and oxygen atoms in total. The second-order valence-corrected chi connectivity index (χ2v) is 7.36. The van der Waals surface area contributed by atoms with E-state index in [1.54, 1.807) is 23.9 Å². The molecular weight excluding hydrogens is 344 g/mol. The normalized spacial score (nSPS) is 11.9. The number of hydrogen-bond donors (Lipinski definition) is 2. The predicted molar refractivity (Wildman–Crippen MR) is 108 cm³/mol. The van der Waals surface area contributed by atoms with Crippen LogP contribution in [0.25, 0.3) is 0 Å². The fraction of sp³-hybridized carbons (Fsp3) is 0.250. The van der Waals surface area contributed by atoms with E-state index in [1.807, 2.05) is 32.0 Å². The van der Waals surface area contributed by atoms with Crippen molar-refractivity contribution in [3.63, 3.8) is 0 Å². The molecule has 0 saturated heterocycles. The third-order valence-electron chi connectivity index (χ3n) is 3.80. The van der Waals surface area contributed by atoms with Crippen LogP contribution in [0.3, 0.4) is 0 Å². The van der Waals surface area contributed by atoms with Crippen molar-refractivity contribution in [3.05, 3.63) is 59.2 Å². The minimum Gasteiger partial charge on any atom is -0.508 e. The second kappa shape index (κ2) is 9.07. The number of aromatic hydroxyl groups is 1. The fourth-order valence-electron chi connectivity index (χ4n) is 2.30. The Bertz CT molecular complexity index is 836. The number of aliphatic imine (C=N–C) groups is 2. The molecule has 2 aromatic carbocycles. The van der Waals surface area contributed by atoms with Crippen molar-refractivity contribution >= 4 is 24.4 Å². The van der Waals surface area contributed by atoms with Gasteiger partial charge in [0.15, 0.2) is 0 Å². The maximum atomic E-state index is 9.47. The number of nitrogens with zero attached hydrogens (tertiary/aromatic N) is 3. The average Bonchev–Trinajstić information content (AvgIpc) is 2.64. The Morgan fingerprint density at radius 2 is 1.88 bits per heavy atom. The first-order valence-corrected chi connectivity index (χ1v) is 9.11. The van der Waals surface area contributed by atoms with Crippen molar-refractivity contribution in [3.8, 4) is 11.8 Å². The van der Waals surface area contributed by atoms with Gasteiger partial charge in [-0.1, -0.05) is 18.2 Å². The lowest BCUT2D eigenvalue weighted by molar-refractivity contribution is 0.475. The lowest BCUT2D eigenvalue weighted by Crippen LogP contribution is -2.14. The molecule has 2 rings (SSSR count). The number of rotatable bonds is 7. The highest BCUT2D eigenvalue weighted by atomic mass is 32.2. The molecule has 0 amide bonds. The topological polar surface area (TPSA) is 94.8 Å². The zero-order valence-electron chi connectivity index (χ0n) is 14.9. The van der Waals surface area contributed by atoms with Crippen LogP contribution in [0.1, 0.15) is 30.5 Å². The van der Waals surface area contributed by atoms with Crippen LogP contribution in [-0.4, -0.2) is 17.8 Å². The first kappa shape index (κ1) is 19.5. The molecular formula is C20H22N4OS. The van der Waals surface area contributed by atoms with Gasteiger partial charge >= 0.3 is 0 Å². The number of nitriles is 1. The van der Waals surface area contributed by atoms with Crippen molar-refractivity contribution in [1.29, 1.82) is 5.26 Å². The summed E-state index contributed by atoms with van der Waals surface area (Å²) < 4.78 is 0. The van der Waals surface area contributed by atoms with E-state index in [9.17, 15) is 10.4 Å². The molecule has 0 atom stereocenters. The Hall–Kier alpha value is -2.78. The minimum absolute atomic E-state index is 0.257. The van der Waals surface area contributed by atoms with E-state index in [0.29, 0.717) is 6.54 Å². The molecule has 0 radical (unpaired) electrons. The summed E-state index contributed by atoms with van der Waals surface area (Å²) in [4.78, 5) is 9.07. The van der Waals surface area contributed by atoms with Crippen LogP contribution in [0.4, 0.5) is 0 Å². The average molecular weight is 366 g/mol. The van der Waals surface area contributed by atoms with Gasteiger partial charge in [-0.15, -0.1) is 11.8 Å². The SMILES string of the molecule is CC(C)(C#N)c1cc(CN=CN=CN)cc(CSc2ccc(O)cc2)c1. The summed E-state index contributed by atoms with van der Waals surface area (Å²) in [6.07, 6.45) is 2.62. The molecule has 2 aromatic rings. The smallest absolute Gasteiger partial charge is 0.115 e. The van der Waals surface area contributed by atoms with Gasteiger partial charge in [-0.3, -0.25) is 4.99 Å². The molecule has 0 aliphatic carbocycles. The summed E-state index contributed by atoms with van der Waals surface area (Å²) in [6, 6.07) is 15.7.